The first-order valence-electron chi connectivity index (χ1n) is 15.0. The summed E-state index contributed by atoms with van der Waals surface area (Å²) in [5.74, 6) is 0. The van der Waals surface area contributed by atoms with Crippen molar-refractivity contribution in [3.8, 4) is 22.3 Å². The van der Waals surface area contributed by atoms with Crippen molar-refractivity contribution in [2.45, 2.75) is 27.7 Å². The Hall–Kier alpha value is -3.26. The molecule has 2 radical (unpaired) electrons. The average Bonchev–Trinajstić information content (AvgIpc) is 3.55. The predicted molar refractivity (Wildman–Crippen MR) is 202 cm³/mol. The van der Waals surface area contributed by atoms with Gasteiger partial charge in [0.1, 0.15) is 0 Å². The van der Waals surface area contributed by atoms with Crippen molar-refractivity contribution < 1.29 is 48.1 Å². The molecule has 8 aromatic rings. The molecule has 0 aliphatic heterocycles. The number of halogens is 2. The van der Waals surface area contributed by atoms with Crippen molar-refractivity contribution in [3.05, 3.63) is 171 Å². The first kappa shape index (κ1) is 40.9. The predicted octanol–water partition coefficient (Wildman–Crippen LogP) is 6.52. The van der Waals surface area contributed by atoms with Gasteiger partial charge in [-0.15, -0.1) is 92.3 Å². The monoisotopic (exact) mass is 756 g/mol. The third-order valence-corrected chi connectivity index (χ3v) is 8.61. The maximum atomic E-state index is 3.06. The summed E-state index contributed by atoms with van der Waals surface area (Å²) in [5.41, 5.74) is 10.8. The fraction of sp³-hybridized carbons (Fsp3) is 0.0909. The number of fused-ring (bicyclic) bond motifs is 4. The second-order valence-electron chi connectivity index (χ2n) is 11.6. The number of hydrogen-bond acceptors (Lipinski definition) is 0. The fourth-order valence-corrected chi connectivity index (χ4v) is 6.66. The zero-order chi connectivity index (χ0) is 30.8. The molecule has 48 heavy (non-hydrogen) atoms. The molecule has 242 valence electrons. The number of aryl methyl sites for hydroxylation is 4. The van der Waals surface area contributed by atoms with Gasteiger partial charge in [0.15, 0.2) is 0 Å². The Labute approximate surface area is 316 Å². The van der Waals surface area contributed by atoms with Gasteiger partial charge in [0.25, 0.3) is 0 Å². The third kappa shape index (κ3) is 7.96. The van der Waals surface area contributed by atoms with Crippen LogP contribution in [0.25, 0.3) is 65.3 Å². The van der Waals surface area contributed by atoms with Gasteiger partial charge in [0.2, 0.25) is 0 Å². The molecule has 0 aliphatic rings. The van der Waals surface area contributed by atoms with Crippen LogP contribution in [0.1, 0.15) is 22.3 Å². The summed E-state index contributed by atoms with van der Waals surface area (Å²) in [6, 6.07) is 48.5. The summed E-state index contributed by atoms with van der Waals surface area (Å²) < 4.78 is 0. The molecule has 0 atom stereocenters. The second-order valence-corrected chi connectivity index (χ2v) is 11.6. The van der Waals surface area contributed by atoms with Crippen molar-refractivity contribution in [3.63, 3.8) is 0 Å². The van der Waals surface area contributed by atoms with E-state index in [0.717, 1.165) is 0 Å². The van der Waals surface area contributed by atoms with Gasteiger partial charge >= 0.3 is 30.2 Å². The first-order valence-corrected chi connectivity index (χ1v) is 19.2. The molecule has 0 aliphatic carbocycles. The molecular formula is C44H40Cl2SiZr-4. The molecule has 0 amide bonds. The third-order valence-electron chi connectivity index (χ3n) is 8.61. The van der Waals surface area contributed by atoms with E-state index in [4.69, 9.17) is 0 Å². The number of benzene rings is 6. The molecular weight excluding hydrogens is 719 g/mol. The maximum absolute atomic E-state index is 3.06. The van der Waals surface area contributed by atoms with E-state index in [1.165, 1.54) is 111 Å². The number of rotatable bonds is 2. The van der Waals surface area contributed by atoms with Gasteiger partial charge in [-0.25, -0.2) is 0 Å². The Morgan fingerprint density at radius 3 is 1.19 bits per heavy atom. The van der Waals surface area contributed by atoms with Crippen LogP contribution in [-0.2, 0) is 23.3 Å². The van der Waals surface area contributed by atoms with Crippen LogP contribution in [0.15, 0.2) is 133 Å². The van der Waals surface area contributed by atoms with Gasteiger partial charge in [0, 0.05) is 0 Å². The van der Waals surface area contributed by atoms with Crippen molar-refractivity contribution >= 4 is 50.0 Å². The molecule has 0 saturated heterocycles. The van der Waals surface area contributed by atoms with Gasteiger partial charge in [-0.3, -0.25) is 0 Å². The Kier molecular flexibility index (Phi) is 15.3. The molecule has 0 aromatic heterocycles. The molecule has 0 N–H and O–H groups in total. The van der Waals surface area contributed by atoms with Gasteiger partial charge in [-0.05, 0) is 35.4 Å². The quantitative estimate of drug-likeness (QED) is 0.139. The topological polar surface area (TPSA) is 0 Å². The Morgan fingerprint density at radius 2 is 0.792 bits per heavy atom. The summed E-state index contributed by atoms with van der Waals surface area (Å²) in [6.45, 7) is 11.8. The van der Waals surface area contributed by atoms with E-state index in [2.05, 4.69) is 168 Å². The molecule has 0 saturated carbocycles. The fourth-order valence-electron chi connectivity index (χ4n) is 6.66. The molecule has 0 bridgehead atoms. The second kappa shape index (κ2) is 17.9. The average molecular weight is 759 g/mol. The van der Waals surface area contributed by atoms with Gasteiger partial charge in [-0.1, -0.05) is 121 Å². The van der Waals surface area contributed by atoms with E-state index >= 15 is 0 Å². The summed E-state index contributed by atoms with van der Waals surface area (Å²) in [7, 11) is 0. The summed E-state index contributed by atoms with van der Waals surface area (Å²) in [5, 5.41) is 10.7. The molecule has 0 fully saturated rings. The van der Waals surface area contributed by atoms with E-state index in [1.54, 1.807) is 0 Å². The van der Waals surface area contributed by atoms with Crippen LogP contribution in [0.3, 0.4) is 0 Å². The summed E-state index contributed by atoms with van der Waals surface area (Å²) in [6.07, 6.45) is 0. The summed E-state index contributed by atoms with van der Waals surface area (Å²) >= 11 is 1.36. The van der Waals surface area contributed by atoms with Gasteiger partial charge in [-0.2, -0.15) is 0 Å². The Bertz CT molecular complexity index is 2100. The van der Waals surface area contributed by atoms with Crippen LogP contribution in [0.5, 0.6) is 0 Å². The molecule has 0 nitrogen and oxygen atoms in total. The Morgan fingerprint density at radius 1 is 0.438 bits per heavy atom. The van der Waals surface area contributed by atoms with Crippen LogP contribution < -0.4 is 24.8 Å². The summed E-state index contributed by atoms with van der Waals surface area (Å²) in [4.78, 5) is 0. The van der Waals surface area contributed by atoms with Crippen LogP contribution in [0.4, 0.5) is 0 Å². The van der Waals surface area contributed by atoms with Gasteiger partial charge in [0.05, 0.1) is 0 Å². The molecule has 0 spiro atoms. The standard InChI is InChI=1S/2C21H17.2CH3.2ClH.Si.Zr/c2*1-14-10-11-17-13-15(2)21(20(17)12-14)19-9-5-7-16-6-3-4-8-18(16)19;;;;;;/h2*3-13H,1-2H3;2*1H3;2*1H;;/q4*-1;;;;+2/p-2. The molecule has 0 heterocycles. The zero-order valence-corrected chi connectivity index (χ0v) is 33.4. The molecule has 4 heteroatoms. The van der Waals surface area contributed by atoms with E-state index in [1.807, 2.05) is 0 Å². The molecule has 8 aromatic carbocycles. The van der Waals surface area contributed by atoms with Crippen molar-refractivity contribution in [2.75, 3.05) is 0 Å². The van der Waals surface area contributed by atoms with Crippen molar-refractivity contribution in [2.24, 2.45) is 0 Å². The zero-order valence-electron chi connectivity index (χ0n) is 28.5. The van der Waals surface area contributed by atoms with E-state index in [9.17, 15) is 0 Å². The first-order chi connectivity index (χ1) is 21.5. The van der Waals surface area contributed by atoms with Gasteiger partial charge < -0.3 is 39.7 Å². The van der Waals surface area contributed by atoms with Crippen LogP contribution >= 0.6 is 0 Å². The van der Waals surface area contributed by atoms with Crippen LogP contribution in [0, 0.1) is 42.5 Å². The normalized spacial score (nSPS) is 10.0. The number of hydrogen-bond donors (Lipinski definition) is 0. The SMILES string of the molecule is Cc1ccc2[cH-]c(C)c(-c3cccc4ccccc34)c2c1.Cc1ccc2[cH-]c(C)c(-c3cccc4ccccc34)c2c1.[CH3-].[CH3-].[Cl-].[Cl-].[Si]=[Zr+2]. The minimum atomic E-state index is 0. The van der Waals surface area contributed by atoms with Crippen LogP contribution in [-0.4, -0.2) is 6.88 Å². The van der Waals surface area contributed by atoms with E-state index in [-0.39, 0.29) is 39.7 Å². The van der Waals surface area contributed by atoms with E-state index < -0.39 is 0 Å². The molecule has 8 rings (SSSR count). The minimum absolute atomic E-state index is 0. The van der Waals surface area contributed by atoms with Crippen LogP contribution in [0.2, 0.25) is 0 Å². The van der Waals surface area contributed by atoms with E-state index in [0.29, 0.717) is 0 Å². The van der Waals surface area contributed by atoms with Crippen molar-refractivity contribution in [1.29, 1.82) is 0 Å². The van der Waals surface area contributed by atoms with Crippen molar-refractivity contribution in [1.82, 2.24) is 0 Å². The molecule has 0 unspecified atom stereocenters. The Balaban J connectivity index is 0.000000294.